The van der Waals surface area contributed by atoms with E-state index in [1.54, 1.807) is 0 Å². The first kappa shape index (κ1) is 12.7. The molecule has 0 spiro atoms. The van der Waals surface area contributed by atoms with Gasteiger partial charge in [-0.05, 0) is 18.8 Å². The lowest BCUT2D eigenvalue weighted by Crippen LogP contribution is -2.50. The molecule has 98 valence electrons. The van der Waals surface area contributed by atoms with Crippen molar-refractivity contribution in [3.63, 3.8) is 0 Å². The van der Waals surface area contributed by atoms with Crippen molar-refractivity contribution in [2.24, 2.45) is 5.92 Å². The number of carbonyl (C=O) groups excluding carboxylic acids is 1. The monoisotopic (exact) mass is 240 g/mol. The Kier molecular flexibility index (Phi) is 4.26. The van der Waals surface area contributed by atoms with Crippen molar-refractivity contribution in [1.82, 2.24) is 9.80 Å². The number of urea groups is 1. The van der Waals surface area contributed by atoms with Gasteiger partial charge in [0.25, 0.3) is 0 Å². The quantitative estimate of drug-likeness (QED) is 0.702. The fraction of sp³-hybridized carbons (Fsp3) is 0.923. The molecule has 17 heavy (non-hydrogen) atoms. The summed E-state index contributed by atoms with van der Waals surface area (Å²) >= 11 is 0. The molecule has 0 N–H and O–H groups in total. The van der Waals surface area contributed by atoms with Gasteiger partial charge in [0.1, 0.15) is 0 Å². The van der Waals surface area contributed by atoms with Crippen LogP contribution in [0.15, 0.2) is 0 Å². The summed E-state index contributed by atoms with van der Waals surface area (Å²) in [5.74, 6) is 0.758. The smallest absolute Gasteiger partial charge is 0.320 e. The summed E-state index contributed by atoms with van der Waals surface area (Å²) in [4.78, 5) is 16.2. The first-order chi connectivity index (χ1) is 8.18. The van der Waals surface area contributed by atoms with E-state index in [-0.39, 0.29) is 6.03 Å². The molecule has 1 saturated carbocycles. The van der Waals surface area contributed by atoms with E-state index in [2.05, 4.69) is 6.92 Å². The van der Waals surface area contributed by atoms with Gasteiger partial charge in [-0.15, -0.1) is 0 Å². The van der Waals surface area contributed by atoms with E-state index >= 15 is 0 Å². The maximum absolute atomic E-state index is 12.3. The molecule has 2 unspecified atom stereocenters. The van der Waals surface area contributed by atoms with Gasteiger partial charge < -0.3 is 14.5 Å². The molecule has 0 bridgehead atoms. The van der Waals surface area contributed by atoms with E-state index in [1.165, 1.54) is 12.8 Å². The summed E-state index contributed by atoms with van der Waals surface area (Å²) in [5, 5.41) is 0. The number of ether oxygens (including phenoxy) is 1. The van der Waals surface area contributed by atoms with Crippen LogP contribution in [0.25, 0.3) is 0 Å². The molecule has 0 aromatic carbocycles. The standard InChI is InChI=1S/C13H24N2O2/c1-11-4-3-5-12(10-11)14(2)13(16)15-6-8-17-9-7-15/h11-12H,3-10H2,1-2H3. The van der Waals surface area contributed by atoms with Crippen LogP contribution in [0.4, 0.5) is 4.79 Å². The SMILES string of the molecule is CC1CCCC(N(C)C(=O)N2CCOCC2)C1. The van der Waals surface area contributed by atoms with Gasteiger partial charge in [0.2, 0.25) is 0 Å². The molecule has 2 atom stereocenters. The first-order valence-corrected chi connectivity index (χ1v) is 6.78. The molecule has 1 saturated heterocycles. The number of morpholine rings is 1. The summed E-state index contributed by atoms with van der Waals surface area (Å²) < 4.78 is 5.28. The summed E-state index contributed by atoms with van der Waals surface area (Å²) in [6.07, 6.45) is 4.89. The van der Waals surface area contributed by atoms with Crippen LogP contribution in [0.2, 0.25) is 0 Å². The molecular formula is C13H24N2O2. The number of amides is 2. The zero-order valence-electron chi connectivity index (χ0n) is 11.0. The third kappa shape index (κ3) is 3.12. The molecule has 2 rings (SSSR count). The molecule has 4 heteroatoms. The summed E-state index contributed by atoms with van der Waals surface area (Å²) in [6, 6.07) is 0.626. The summed E-state index contributed by atoms with van der Waals surface area (Å²) in [5.41, 5.74) is 0. The highest BCUT2D eigenvalue weighted by atomic mass is 16.5. The highest BCUT2D eigenvalue weighted by Crippen LogP contribution is 2.27. The van der Waals surface area contributed by atoms with Gasteiger partial charge in [0.15, 0.2) is 0 Å². The van der Waals surface area contributed by atoms with E-state index in [9.17, 15) is 4.79 Å². The molecule has 0 aromatic rings. The van der Waals surface area contributed by atoms with Crippen LogP contribution in [0.1, 0.15) is 32.6 Å². The average Bonchev–Trinajstić information content (AvgIpc) is 2.38. The van der Waals surface area contributed by atoms with Gasteiger partial charge in [-0.1, -0.05) is 19.8 Å². The van der Waals surface area contributed by atoms with Gasteiger partial charge in [0, 0.05) is 26.2 Å². The highest BCUT2D eigenvalue weighted by molar-refractivity contribution is 5.74. The number of nitrogens with zero attached hydrogens (tertiary/aromatic N) is 2. The van der Waals surface area contributed by atoms with Gasteiger partial charge in [-0.25, -0.2) is 4.79 Å². The Morgan fingerprint density at radius 1 is 1.29 bits per heavy atom. The molecule has 1 aliphatic carbocycles. The molecule has 2 amide bonds. The van der Waals surface area contributed by atoms with Crippen LogP contribution < -0.4 is 0 Å². The maximum Gasteiger partial charge on any atom is 0.320 e. The largest absolute Gasteiger partial charge is 0.378 e. The zero-order valence-corrected chi connectivity index (χ0v) is 11.0. The van der Waals surface area contributed by atoms with E-state index < -0.39 is 0 Å². The molecule has 1 aliphatic heterocycles. The third-order valence-electron chi connectivity index (χ3n) is 4.04. The first-order valence-electron chi connectivity index (χ1n) is 6.78. The van der Waals surface area contributed by atoms with Gasteiger partial charge in [-0.2, -0.15) is 0 Å². The second-order valence-electron chi connectivity index (χ2n) is 5.42. The Bertz CT molecular complexity index is 264. The number of rotatable bonds is 1. The third-order valence-corrected chi connectivity index (χ3v) is 4.04. The molecule has 2 fully saturated rings. The number of hydrogen-bond acceptors (Lipinski definition) is 2. The van der Waals surface area contributed by atoms with Crippen LogP contribution in [-0.2, 0) is 4.74 Å². The van der Waals surface area contributed by atoms with Crippen LogP contribution >= 0.6 is 0 Å². The Hall–Kier alpha value is -0.770. The Labute approximate surface area is 104 Å². The number of hydrogen-bond donors (Lipinski definition) is 0. The van der Waals surface area contributed by atoms with Crippen molar-refractivity contribution in [2.45, 2.75) is 38.6 Å². The summed E-state index contributed by atoms with van der Waals surface area (Å²) in [6.45, 7) is 5.14. The normalized spacial score (nSPS) is 30.1. The van der Waals surface area contributed by atoms with Crippen LogP contribution in [0, 0.1) is 5.92 Å². The molecule has 0 radical (unpaired) electrons. The maximum atomic E-state index is 12.3. The fourth-order valence-corrected chi connectivity index (χ4v) is 2.89. The topological polar surface area (TPSA) is 32.8 Å². The van der Waals surface area contributed by atoms with E-state index in [0.717, 1.165) is 31.8 Å². The van der Waals surface area contributed by atoms with Crippen molar-refractivity contribution < 1.29 is 9.53 Å². The Morgan fingerprint density at radius 3 is 2.65 bits per heavy atom. The van der Waals surface area contributed by atoms with Crippen molar-refractivity contribution >= 4 is 6.03 Å². The van der Waals surface area contributed by atoms with Crippen LogP contribution in [0.3, 0.4) is 0 Å². The molecule has 1 heterocycles. The van der Waals surface area contributed by atoms with Gasteiger partial charge in [-0.3, -0.25) is 0 Å². The van der Waals surface area contributed by atoms with Crippen LogP contribution in [-0.4, -0.2) is 55.2 Å². The van der Waals surface area contributed by atoms with Crippen LogP contribution in [0.5, 0.6) is 0 Å². The molecular weight excluding hydrogens is 216 g/mol. The second kappa shape index (κ2) is 5.71. The minimum atomic E-state index is 0.187. The van der Waals surface area contributed by atoms with E-state index in [1.807, 2.05) is 16.8 Å². The highest BCUT2D eigenvalue weighted by Gasteiger charge is 2.28. The second-order valence-corrected chi connectivity index (χ2v) is 5.42. The fourth-order valence-electron chi connectivity index (χ4n) is 2.89. The minimum absolute atomic E-state index is 0.187. The predicted octanol–water partition coefficient (Wildman–Crippen LogP) is 1.95. The van der Waals surface area contributed by atoms with Crippen molar-refractivity contribution in [3.8, 4) is 0 Å². The van der Waals surface area contributed by atoms with E-state index in [0.29, 0.717) is 19.3 Å². The molecule has 2 aliphatic rings. The number of carbonyl (C=O) groups is 1. The predicted molar refractivity (Wildman–Crippen MR) is 67.0 cm³/mol. The summed E-state index contributed by atoms with van der Waals surface area (Å²) in [7, 11) is 1.96. The van der Waals surface area contributed by atoms with E-state index in [4.69, 9.17) is 4.74 Å². The van der Waals surface area contributed by atoms with Crippen molar-refractivity contribution in [3.05, 3.63) is 0 Å². The Morgan fingerprint density at radius 2 is 2.00 bits per heavy atom. The average molecular weight is 240 g/mol. The Balaban J connectivity index is 1.89. The molecule has 4 nitrogen and oxygen atoms in total. The minimum Gasteiger partial charge on any atom is -0.378 e. The van der Waals surface area contributed by atoms with Gasteiger partial charge >= 0.3 is 6.03 Å². The van der Waals surface area contributed by atoms with Crippen molar-refractivity contribution in [2.75, 3.05) is 33.4 Å². The molecule has 0 aromatic heterocycles. The lowest BCUT2D eigenvalue weighted by Gasteiger charge is -2.38. The van der Waals surface area contributed by atoms with Gasteiger partial charge in [0.05, 0.1) is 13.2 Å². The lowest BCUT2D eigenvalue weighted by atomic mass is 9.86. The zero-order chi connectivity index (χ0) is 12.3. The lowest BCUT2D eigenvalue weighted by molar-refractivity contribution is 0.0392. The van der Waals surface area contributed by atoms with Crippen molar-refractivity contribution in [1.29, 1.82) is 0 Å².